The Morgan fingerprint density at radius 3 is 2.19 bits per heavy atom. The average molecular weight is 318 g/mol. The summed E-state index contributed by atoms with van der Waals surface area (Å²) in [6.45, 7) is 8.51. The molecule has 0 aliphatic carbocycles. The molecule has 0 bridgehead atoms. The van der Waals surface area contributed by atoms with E-state index in [0.29, 0.717) is 18.6 Å². The molecule has 0 aliphatic heterocycles. The molecule has 0 amide bonds. The van der Waals surface area contributed by atoms with Crippen LogP contribution in [0.4, 0.5) is 0 Å². The summed E-state index contributed by atoms with van der Waals surface area (Å²) in [5, 5.41) is 9.01. The van der Waals surface area contributed by atoms with Crippen molar-refractivity contribution in [1.82, 2.24) is 0 Å². The molecule has 122 valence electrons. The van der Waals surface area contributed by atoms with Crippen molar-refractivity contribution in [3.8, 4) is 5.75 Å². The van der Waals surface area contributed by atoms with Crippen molar-refractivity contribution in [3.05, 3.63) is 29.3 Å². The molecule has 0 radical (unpaired) electrons. The molecule has 1 rings (SSSR count). The molecular formula is C15H26O5S. The van der Waals surface area contributed by atoms with E-state index in [9.17, 15) is 8.42 Å². The molecule has 2 N–H and O–H groups in total. The Balaban J connectivity index is 0.000000690. The number of aryl methyl sites for hydroxylation is 2. The molecule has 21 heavy (non-hydrogen) atoms. The number of hydrogen-bond acceptors (Lipinski definition) is 4. The molecule has 1 aromatic carbocycles. The van der Waals surface area contributed by atoms with Gasteiger partial charge >= 0.3 is 0 Å². The fraction of sp³-hybridized carbons (Fsp3) is 0.600. The summed E-state index contributed by atoms with van der Waals surface area (Å²) in [5.74, 6) is 1.35. The minimum Gasteiger partial charge on any atom is -0.490 e. The van der Waals surface area contributed by atoms with Gasteiger partial charge in [-0.25, -0.2) is 0 Å². The third-order valence-electron chi connectivity index (χ3n) is 2.78. The summed E-state index contributed by atoms with van der Waals surface area (Å²) in [5.41, 5.74) is 2.35. The zero-order chi connectivity index (χ0) is 16.6. The van der Waals surface area contributed by atoms with Gasteiger partial charge < -0.3 is 9.84 Å². The average Bonchev–Trinajstić information content (AvgIpc) is 2.31. The Hall–Kier alpha value is -1.11. The van der Waals surface area contributed by atoms with Crippen molar-refractivity contribution in [1.29, 1.82) is 0 Å². The van der Waals surface area contributed by atoms with Crippen LogP contribution in [-0.4, -0.2) is 37.0 Å². The molecular weight excluding hydrogens is 292 g/mol. The van der Waals surface area contributed by atoms with E-state index in [1.165, 1.54) is 5.56 Å². The van der Waals surface area contributed by atoms with Gasteiger partial charge in [0, 0.05) is 13.0 Å². The predicted molar refractivity (Wildman–Crippen MR) is 84.3 cm³/mol. The van der Waals surface area contributed by atoms with Crippen LogP contribution < -0.4 is 4.74 Å². The highest BCUT2D eigenvalue weighted by Crippen LogP contribution is 2.23. The third kappa shape index (κ3) is 10.3. The van der Waals surface area contributed by atoms with Crippen LogP contribution in [0.3, 0.4) is 0 Å². The number of aliphatic hydroxyl groups is 1. The number of hydrogen-bond donors (Lipinski definition) is 2. The summed E-state index contributed by atoms with van der Waals surface area (Å²) < 4.78 is 31.8. The Bertz CT molecular complexity index is 515. The normalized spacial score (nSPS) is 12.6. The Labute approximate surface area is 127 Å². The number of rotatable bonds is 5. The Morgan fingerprint density at radius 1 is 1.24 bits per heavy atom. The van der Waals surface area contributed by atoms with Crippen LogP contribution in [0.15, 0.2) is 18.2 Å². The maximum absolute atomic E-state index is 9.19. The molecule has 5 nitrogen and oxygen atoms in total. The van der Waals surface area contributed by atoms with Gasteiger partial charge in [-0.15, -0.1) is 0 Å². The second kappa shape index (κ2) is 9.02. The summed E-state index contributed by atoms with van der Waals surface area (Å²) in [6.07, 6.45) is 1.49. The standard InChI is InChI=1S/C14H22O2.CH4O3S/c1-10(2)13(7-8-15)16-14-9-11(3)5-6-12(14)4;1-5(2,3)4/h5-6,9-10,13,15H,7-8H2,1-4H3;1H3,(H,2,3,4). The Kier molecular flexibility index (Phi) is 8.54. The van der Waals surface area contributed by atoms with E-state index in [1.54, 1.807) is 0 Å². The predicted octanol–water partition coefficient (Wildman–Crippen LogP) is 2.59. The molecule has 0 saturated carbocycles. The van der Waals surface area contributed by atoms with Crippen molar-refractivity contribution in [3.63, 3.8) is 0 Å². The van der Waals surface area contributed by atoms with Crippen LogP contribution in [0.25, 0.3) is 0 Å². The highest BCUT2D eigenvalue weighted by molar-refractivity contribution is 7.85. The van der Waals surface area contributed by atoms with E-state index >= 15 is 0 Å². The lowest BCUT2D eigenvalue weighted by Gasteiger charge is -2.23. The van der Waals surface area contributed by atoms with Crippen LogP contribution in [0, 0.1) is 19.8 Å². The van der Waals surface area contributed by atoms with Crippen molar-refractivity contribution in [2.45, 2.75) is 40.2 Å². The zero-order valence-corrected chi connectivity index (χ0v) is 14.1. The highest BCUT2D eigenvalue weighted by atomic mass is 32.2. The molecule has 0 aliphatic rings. The van der Waals surface area contributed by atoms with Crippen LogP contribution in [0.5, 0.6) is 5.75 Å². The lowest BCUT2D eigenvalue weighted by molar-refractivity contribution is 0.114. The molecule has 1 atom stereocenters. The molecule has 1 aromatic rings. The maximum atomic E-state index is 9.19. The SMILES string of the molecule is CS(=O)(=O)O.Cc1ccc(C)c(OC(CCO)C(C)C)c1. The molecule has 0 fully saturated rings. The zero-order valence-electron chi connectivity index (χ0n) is 13.3. The second-order valence-electron chi connectivity index (χ2n) is 5.41. The molecule has 6 heteroatoms. The summed E-state index contributed by atoms with van der Waals surface area (Å²) in [4.78, 5) is 0. The van der Waals surface area contributed by atoms with E-state index < -0.39 is 10.1 Å². The quantitative estimate of drug-likeness (QED) is 0.815. The molecule has 1 unspecified atom stereocenters. The van der Waals surface area contributed by atoms with Gasteiger partial charge in [0.15, 0.2) is 0 Å². The monoisotopic (exact) mass is 318 g/mol. The Morgan fingerprint density at radius 2 is 1.76 bits per heavy atom. The highest BCUT2D eigenvalue weighted by Gasteiger charge is 2.15. The van der Waals surface area contributed by atoms with Crippen molar-refractivity contribution >= 4 is 10.1 Å². The van der Waals surface area contributed by atoms with E-state index in [2.05, 4.69) is 39.0 Å². The first kappa shape index (κ1) is 19.9. The van der Waals surface area contributed by atoms with Crippen molar-refractivity contribution in [2.24, 2.45) is 5.92 Å². The van der Waals surface area contributed by atoms with Gasteiger partial charge in [0.2, 0.25) is 0 Å². The second-order valence-corrected chi connectivity index (χ2v) is 6.88. The first-order chi connectivity index (χ1) is 9.54. The summed E-state index contributed by atoms with van der Waals surface area (Å²) in [6, 6.07) is 6.21. The fourth-order valence-electron chi connectivity index (χ4n) is 1.65. The van der Waals surface area contributed by atoms with E-state index in [1.807, 2.05) is 6.92 Å². The maximum Gasteiger partial charge on any atom is 0.261 e. The number of aliphatic hydroxyl groups excluding tert-OH is 1. The van der Waals surface area contributed by atoms with Gasteiger partial charge in [-0.2, -0.15) is 8.42 Å². The minimum atomic E-state index is -3.67. The lowest BCUT2D eigenvalue weighted by Crippen LogP contribution is -2.24. The smallest absolute Gasteiger partial charge is 0.261 e. The minimum absolute atomic E-state index is 0.0884. The fourth-order valence-corrected chi connectivity index (χ4v) is 1.65. The first-order valence-electron chi connectivity index (χ1n) is 6.81. The number of benzene rings is 1. The van der Waals surface area contributed by atoms with Gasteiger partial charge in [0.05, 0.1) is 6.26 Å². The van der Waals surface area contributed by atoms with Crippen LogP contribution in [0.2, 0.25) is 0 Å². The molecule has 0 spiro atoms. The first-order valence-corrected chi connectivity index (χ1v) is 8.66. The molecule has 0 heterocycles. The topological polar surface area (TPSA) is 83.8 Å². The van der Waals surface area contributed by atoms with Crippen LogP contribution in [-0.2, 0) is 10.1 Å². The van der Waals surface area contributed by atoms with E-state index in [0.717, 1.165) is 11.3 Å². The lowest BCUT2D eigenvalue weighted by atomic mass is 10.0. The van der Waals surface area contributed by atoms with Gasteiger partial charge in [0.1, 0.15) is 11.9 Å². The van der Waals surface area contributed by atoms with Crippen LogP contribution in [0.1, 0.15) is 31.4 Å². The van der Waals surface area contributed by atoms with Gasteiger partial charge in [0.25, 0.3) is 10.1 Å². The summed E-state index contributed by atoms with van der Waals surface area (Å²) in [7, 11) is -3.67. The van der Waals surface area contributed by atoms with Gasteiger partial charge in [-0.05, 0) is 37.0 Å². The number of ether oxygens (including phenoxy) is 1. The van der Waals surface area contributed by atoms with E-state index in [4.69, 9.17) is 14.4 Å². The third-order valence-corrected chi connectivity index (χ3v) is 2.78. The van der Waals surface area contributed by atoms with Gasteiger partial charge in [-0.3, -0.25) is 4.55 Å². The molecule has 0 saturated heterocycles. The largest absolute Gasteiger partial charge is 0.490 e. The van der Waals surface area contributed by atoms with Gasteiger partial charge in [-0.1, -0.05) is 26.0 Å². The summed E-state index contributed by atoms with van der Waals surface area (Å²) >= 11 is 0. The molecule has 0 aromatic heterocycles. The van der Waals surface area contributed by atoms with Crippen molar-refractivity contribution < 1.29 is 22.8 Å². The van der Waals surface area contributed by atoms with E-state index in [-0.39, 0.29) is 12.7 Å². The van der Waals surface area contributed by atoms with Crippen molar-refractivity contribution in [2.75, 3.05) is 12.9 Å². The van der Waals surface area contributed by atoms with Crippen LogP contribution >= 0.6 is 0 Å².